The molecule has 0 spiro atoms. The molecule has 0 fully saturated rings. The molecular weight excluding hydrogens is 310 g/mol. The van der Waals surface area contributed by atoms with E-state index in [0.717, 1.165) is 5.56 Å². The van der Waals surface area contributed by atoms with Crippen molar-refractivity contribution in [3.8, 4) is 0 Å². The zero-order chi connectivity index (χ0) is 14.6. The van der Waals surface area contributed by atoms with Crippen molar-refractivity contribution in [2.75, 3.05) is 0 Å². The number of amides is 1. The molecule has 0 heterocycles. The molecule has 0 aliphatic carbocycles. The zero-order valence-electron chi connectivity index (χ0n) is 11.3. The number of halogens is 1. The lowest BCUT2D eigenvalue weighted by atomic mass is 9.95. The number of carbonyl (C=O) groups excluding carboxylic acids is 1. The topological polar surface area (TPSA) is 66.4 Å². The van der Waals surface area contributed by atoms with Gasteiger partial charge < -0.3 is 10.4 Å². The van der Waals surface area contributed by atoms with Gasteiger partial charge >= 0.3 is 5.97 Å². The molecule has 1 aromatic rings. The minimum absolute atomic E-state index is 0.381. The molecule has 0 saturated heterocycles. The number of carboxylic acid groups (broad SMARTS) is 1. The minimum Gasteiger partial charge on any atom is -0.480 e. The summed E-state index contributed by atoms with van der Waals surface area (Å²) in [4.78, 5) is 23.5. The molecule has 1 aromatic carbocycles. The smallest absolute Gasteiger partial charge is 0.329 e. The Morgan fingerprint density at radius 1 is 1.42 bits per heavy atom. The van der Waals surface area contributed by atoms with Crippen molar-refractivity contribution >= 4 is 27.8 Å². The van der Waals surface area contributed by atoms with Gasteiger partial charge in [0, 0.05) is 4.47 Å². The van der Waals surface area contributed by atoms with E-state index in [1.165, 1.54) is 6.92 Å². The summed E-state index contributed by atoms with van der Waals surface area (Å²) in [6.45, 7) is 5.29. The fourth-order valence-corrected chi connectivity index (χ4v) is 2.28. The Morgan fingerprint density at radius 3 is 2.58 bits per heavy atom. The molecule has 0 saturated carbocycles. The van der Waals surface area contributed by atoms with Gasteiger partial charge in [-0.3, -0.25) is 4.79 Å². The van der Waals surface area contributed by atoms with Gasteiger partial charge in [0.2, 0.25) is 0 Å². The van der Waals surface area contributed by atoms with Crippen molar-refractivity contribution in [3.05, 3.63) is 33.8 Å². The molecule has 104 valence electrons. The van der Waals surface area contributed by atoms with Crippen LogP contribution in [0, 0.1) is 6.92 Å². The molecule has 0 radical (unpaired) electrons. The lowest BCUT2D eigenvalue weighted by molar-refractivity contribution is -0.144. The van der Waals surface area contributed by atoms with E-state index < -0.39 is 11.5 Å². The van der Waals surface area contributed by atoms with Crippen LogP contribution in [0.1, 0.15) is 42.6 Å². The monoisotopic (exact) mass is 327 g/mol. The third-order valence-corrected chi connectivity index (χ3v) is 3.67. The van der Waals surface area contributed by atoms with E-state index in [1.807, 2.05) is 19.9 Å². The highest BCUT2D eigenvalue weighted by molar-refractivity contribution is 9.10. The summed E-state index contributed by atoms with van der Waals surface area (Å²) in [6, 6.07) is 5.39. The fourth-order valence-electron chi connectivity index (χ4n) is 1.85. The van der Waals surface area contributed by atoms with Crippen molar-refractivity contribution in [3.63, 3.8) is 0 Å². The van der Waals surface area contributed by atoms with Crippen LogP contribution in [-0.2, 0) is 4.79 Å². The van der Waals surface area contributed by atoms with E-state index in [4.69, 9.17) is 0 Å². The number of carbonyl (C=O) groups is 2. The van der Waals surface area contributed by atoms with Gasteiger partial charge in [0.15, 0.2) is 0 Å². The Hall–Kier alpha value is -1.36. The van der Waals surface area contributed by atoms with Crippen molar-refractivity contribution in [1.82, 2.24) is 5.32 Å². The number of rotatable bonds is 5. The minimum atomic E-state index is -1.24. The second-order valence-electron chi connectivity index (χ2n) is 4.82. The van der Waals surface area contributed by atoms with E-state index >= 15 is 0 Å². The Labute approximate surface area is 121 Å². The van der Waals surface area contributed by atoms with Crippen LogP contribution in [0.15, 0.2) is 22.7 Å². The second kappa shape index (κ2) is 6.19. The van der Waals surface area contributed by atoms with Gasteiger partial charge in [-0.2, -0.15) is 0 Å². The summed E-state index contributed by atoms with van der Waals surface area (Å²) < 4.78 is 0.653. The highest BCUT2D eigenvalue weighted by atomic mass is 79.9. The third kappa shape index (κ3) is 3.80. The average molecular weight is 328 g/mol. The maximum atomic E-state index is 12.2. The Morgan fingerprint density at radius 2 is 2.05 bits per heavy atom. The molecule has 1 amide bonds. The van der Waals surface area contributed by atoms with E-state index in [1.54, 1.807) is 12.1 Å². The van der Waals surface area contributed by atoms with Gasteiger partial charge in [-0.25, -0.2) is 4.79 Å². The van der Waals surface area contributed by atoms with E-state index in [-0.39, 0.29) is 5.91 Å². The number of hydrogen-bond acceptors (Lipinski definition) is 2. The SMILES string of the molecule is CCCC(C)(NC(=O)c1cc(C)ccc1Br)C(=O)O. The second-order valence-corrected chi connectivity index (χ2v) is 5.68. The average Bonchev–Trinajstić information content (AvgIpc) is 2.32. The fraction of sp³-hybridized carbons (Fsp3) is 0.429. The third-order valence-electron chi connectivity index (χ3n) is 2.98. The van der Waals surface area contributed by atoms with E-state index in [9.17, 15) is 14.7 Å². The van der Waals surface area contributed by atoms with Gasteiger partial charge in [-0.1, -0.05) is 25.0 Å². The lowest BCUT2D eigenvalue weighted by Gasteiger charge is -2.26. The number of nitrogens with one attached hydrogen (secondary N) is 1. The number of hydrogen-bond donors (Lipinski definition) is 2. The molecule has 0 aliphatic rings. The summed E-state index contributed by atoms with van der Waals surface area (Å²) in [6.07, 6.45) is 1.07. The van der Waals surface area contributed by atoms with Crippen LogP contribution in [0.4, 0.5) is 0 Å². The van der Waals surface area contributed by atoms with Gasteiger partial charge in [0.05, 0.1) is 5.56 Å². The Balaban J connectivity index is 3.00. The maximum Gasteiger partial charge on any atom is 0.329 e. The van der Waals surface area contributed by atoms with Crippen LogP contribution < -0.4 is 5.32 Å². The van der Waals surface area contributed by atoms with Crippen molar-refractivity contribution < 1.29 is 14.7 Å². The van der Waals surface area contributed by atoms with Crippen molar-refractivity contribution in [1.29, 1.82) is 0 Å². The molecule has 0 bridgehead atoms. The van der Waals surface area contributed by atoms with Gasteiger partial charge in [0.1, 0.15) is 5.54 Å². The Bertz CT molecular complexity index is 501. The van der Waals surface area contributed by atoms with Crippen LogP contribution in [0.5, 0.6) is 0 Å². The molecular formula is C14H18BrNO3. The van der Waals surface area contributed by atoms with Gasteiger partial charge in [0.25, 0.3) is 5.91 Å². The first kappa shape index (κ1) is 15.7. The first-order chi connectivity index (χ1) is 8.80. The quantitative estimate of drug-likeness (QED) is 0.873. The summed E-state index contributed by atoms with van der Waals surface area (Å²) in [5.74, 6) is -1.40. The van der Waals surface area contributed by atoms with Crippen molar-refractivity contribution in [2.45, 2.75) is 39.2 Å². The number of carboxylic acids is 1. The highest BCUT2D eigenvalue weighted by Gasteiger charge is 2.34. The standard InChI is InChI=1S/C14H18BrNO3/c1-4-7-14(3,13(18)19)16-12(17)10-8-9(2)5-6-11(10)15/h5-6,8H,4,7H2,1-3H3,(H,16,17)(H,18,19). The highest BCUT2D eigenvalue weighted by Crippen LogP contribution is 2.20. The molecule has 4 nitrogen and oxygen atoms in total. The summed E-state index contributed by atoms with van der Waals surface area (Å²) in [7, 11) is 0. The van der Waals surface area contributed by atoms with E-state index in [2.05, 4.69) is 21.2 Å². The Kier molecular flexibility index (Phi) is 5.11. The van der Waals surface area contributed by atoms with Gasteiger partial charge in [-0.15, -0.1) is 0 Å². The lowest BCUT2D eigenvalue weighted by Crippen LogP contribution is -2.52. The zero-order valence-corrected chi connectivity index (χ0v) is 12.9. The number of benzene rings is 1. The summed E-state index contributed by atoms with van der Waals surface area (Å²) in [5, 5.41) is 11.9. The normalized spacial score (nSPS) is 13.7. The van der Waals surface area contributed by atoms with Crippen LogP contribution in [0.2, 0.25) is 0 Å². The van der Waals surface area contributed by atoms with Crippen LogP contribution in [0.25, 0.3) is 0 Å². The number of aliphatic carboxylic acids is 1. The molecule has 0 aliphatic heterocycles. The molecule has 1 atom stereocenters. The summed E-state index contributed by atoms with van der Waals surface area (Å²) in [5.41, 5.74) is 0.152. The first-order valence-electron chi connectivity index (χ1n) is 6.12. The van der Waals surface area contributed by atoms with E-state index in [0.29, 0.717) is 22.9 Å². The predicted molar refractivity (Wildman–Crippen MR) is 77.3 cm³/mol. The molecule has 5 heteroatoms. The van der Waals surface area contributed by atoms with Crippen molar-refractivity contribution in [2.24, 2.45) is 0 Å². The maximum absolute atomic E-state index is 12.2. The van der Waals surface area contributed by atoms with Crippen LogP contribution >= 0.6 is 15.9 Å². The largest absolute Gasteiger partial charge is 0.480 e. The number of aryl methyl sites for hydroxylation is 1. The first-order valence-corrected chi connectivity index (χ1v) is 6.91. The summed E-state index contributed by atoms with van der Waals surface area (Å²) >= 11 is 3.31. The van der Waals surface area contributed by atoms with Crippen LogP contribution in [-0.4, -0.2) is 22.5 Å². The van der Waals surface area contributed by atoms with Crippen LogP contribution in [0.3, 0.4) is 0 Å². The molecule has 1 rings (SSSR count). The molecule has 0 aromatic heterocycles. The predicted octanol–water partition coefficient (Wildman–Crippen LogP) is 3.13. The molecule has 19 heavy (non-hydrogen) atoms. The van der Waals surface area contributed by atoms with Gasteiger partial charge in [-0.05, 0) is 48.3 Å². The molecule has 1 unspecified atom stereocenters. The molecule has 2 N–H and O–H groups in total.